The Morgan fingerprint density at radius 1 is 1.24 bits per heavy atom. The van der Waals surface area contributed by atoms with Gasteiger partial charge in [-0.3, -0.25) is 4.68 Å². The van der Waals surface area contributed by atoms with Crippen LogP contribution >= 0.6 is 0 Å². The van der Waals surface area contributed by atoms with Crippen molar-refractivity contribution in [1.82, 2.24) is 9.78 Å². The molecule has 2 N–H and O–H groups in total. The van der Waals surface area contributed by atoms with Gasteiger partial charge in [0.25, 0.3) is 0 Å². The third-order valence-electron chi connectivity index (χ3n) is 4.66. The van der Waals surface area contributed by atoms with Crippen molar-refractivity contribution >= 4 is 0 Å². The number of nitrogens with two attached hydrogens (primary N) is 1. The van der Waals surface area contributed by atoms with Gasteiger partial charge in [-0.1, -0.05) is 31.2 Å². The van der Waals surface area contributed by atoms with Crippen molar-refractivity contribution in [1.29, 1.82) is 0 Å². The van der Waals surface area contributed by atoms with Crippen molar-refractivity contribution in [2.45, 2.75) is 58.0 Å². The molecule has 21 heavy (non-hydrogen) atoms. The van der Waals surface area contributed by atoms with E-state index in [9.17, 15) is 0 Å². The van der Waals surface area contributed by atoms with E-state index in [0.29, 0.717) is 0 Å². The molecule has 0 amide bonds. The zero-order chi connectivity index (χ0) is 14.9. The Balaban J connectivity index is 1.83. The molecule has 0 radical (unpaired) electrons. The Morgan fingerprint density at radius 3 is 2.71 bits per heavy atom. The van der Waals surface area contributed by atoms with Gasteiger partial charge in [0.1, 0.15) is 0 Å². The normalized spacial score (nSPS) is 21.3. The van der Waals surface area contributed by atoms with E-state index in [0.717, 1.165) is 38.6 Å². The van der Waals surface area contributed by atoms with Gasteiger partial charge in [-0.15, -0.1) is 0 Å². The topological polar surface area (TPSA) is 43.8 Å². The van der Waals surface area contributed by atoms with E-state index in [1.54, 1.807) is 0 Å². The lowest BCUT2D eigenvalue weighted by atomic mass is 9.76. The first-order valence-corrected chi connectivity index (χ1v) is 8.05. The van der Waals surface area contributed by atoms with E-state index < -0.39 is 0 Å². The number of benzene rings is 1. The number of aromatic nitrogens is 2. The molecule has 1 unspecified atom stereocenters. The fourth-order valence-electron chi connectivity index (χ4n) is 3.44. The molecule has 1 aliphatic rings. The number of fused-ring (bicyclic) bond motifs is 1. The van der Waals surface area contributed by atoms with Gasteiger partial charge in [-0.2, -0.15) is 5.10 Å². The maximum atomic E-state index is 6.74. The predicted molar refractivity (Wildman–Crippen MR) is 86.4 cm³/mol. The number of rotatable bonds is 4. The number of hydrogen-bond acceptors (Lipinski definition) is 2. The zero-order valence-corrected chi connectivity index (χ0v) is 13.1. The van der Waals surface area contributed by atoms with Crippen LogP contribution in [0.15, 0.2) is 30.3 Å². The highest BCUT2D eigenvalue weighted by molar-refractivity contribution is 5.33. The minimum absolute atomic E-state index is 0.133. The maximum absolute atomic E-state index is 6.74. The van der Waals surface area contributed by atoms with Crippen molar-refractivity contribution in [3.8, 4) is 0 Å². The fraction of sp³-hybridized carbons (Fsp3) is 0.500. The Labute approximate surface area is 127 Å². The summed E-state index contributed by atoms with van der Waals surface area (Å²) in [5, 5.41) is 4.65. The Bertz CT molecular complexity index is 629. The molecule has 1 aromatic heterocycles. The molecule has 0 bridgehead atoms. The summed E-state index contributed by atoms with van der Waals surface area (Å²) in [7, 11) is 0. The number of hydrogen-bond donors (Lipinski definition) is 1. The summed E-state index contributed by atoms with van der Waals surface area (Å²) in [4.78, 5) is 0. The summed E-state index contributed by atoms with van der Waals surface area (Å²) in [6, 6.07) is 10.9. The van der Waals surface area contributed by atoms with Gasteiger partial charge < -0.3 is 5.73 Å². The van der Waals surface area contributed by atoms with E-state index in [4.69, 9.17) is 5.73 Å². The van der Waals surface area contributed by atoms with Gasteiger partial charge in [0.2, 0.25) is 0 Å². The van der Waals surface area contributed by atoms with E-state index in [2.05, 4.69) is 54.0 Å². The second-order valence-electron chi connectivity index (χ2n) is 6.28. The van der Waals surface area contributed by atoms with Crippen LogP contribution in [0, 0.1) is 0 Å². The molecular weight excluding hydrogens is 258 g/mol. The van der Waals surface area contributed by atoms with E-state index in [-0.39, 0.29) is 5.54 Å². The van der Waals surface area contributed by atoms with Crippen LogP contribution in [0.1, 0.15) is 42.8 Å². The van der Waals surface area contributed by atoms with Crippen LogP contribution in [-0.4, -0.2) is 15.3 Å². The van der Waals surface area contributed by atoms with Crippen molar-refractivity contribution in [2.24, 2.45) is 5.73 Å². The average Bonchev–Trinajstić information content (AvgIpc) is 2.88. The summed E-state index contributed by atoms with van der Waals surface area (Å²) in [6.45, 7) is 5.22. The summed E-state index contributed by atoms with van der Waals surface area (Å²) in [6.07, 6.45) is 5.02. The van der Waals surface area contributed by atoms with Crippen molar-refractivity contribution in [3.63, 3.8) is 0 Å². The highest BCUT2D eigenvalue weighted by Crippen LogP contribution is 2.29. The first-order valence-electron chi connectivity index (χ1n) is 8.05. The largest absolute Gasteiger partial charge is 0.324 e. The second kappa shape index (κ2) is 5.64. The van der Waals surface area contributed by atoms with Crippen LogP contribution in [0.3, 0.4) is 0 Å². The van der Waals surface area contributed by atoms with Crippen molar-refractivity contribution in [2.75, 3.05) is 0 Å². The summed E-state index contributed by atoms with van der Waals surface area (Å²) in [5.41, 5.74) is 12.0. The first-order chi connectivity index (χ1) is 10.1. The van der Waals surface area contributed by atoms with Gasteiger partial charge in [0, 0.05) is 24.2 Å². The van der Waals surface area contributed by atoms with E-state index >= 15 is 0 Å². The summed E-state index contributed by atoms with van der Waals surface area (Å²) >= 11 is 0. The van der Waals surface area contributed by atoms with Gasteiger partial charge in [0.15, 0.2) is 0 Å². The first kappa shape index (κ1) is 14.3. The molecule has 112 valence electrons. The molecular formula is C18H25N3. The van der Waals surface area contributed by atoms with Crippen LogP contribution in [0.2, 0.25) is 0 Å². The Kier molecular flexibility index (Phi) is 3.85. The molecule has 1 aliphatic carbocycles. The van der Waals surface area contributed by atoms with Crippen LogP contribution in [0.5, 0.6) is 0 Å². The average molecular weight is 283 g/mol. The molecule has 0 fully saturated rings. The summed E-state index contributed by atoms with van der Waals surface area (Å²) in [5.74, 6) is 0. The third kappa shape index (κ3) is 2.88. The quantitative estimate of drug-likeness (QED) is 0.937. The molecule has 1 heterocycles. The standard InChI is InChI=1S/C18H25N3/c1-3-16-11-17(21(4-2)20-16)13-18(19)10-9-14-7-5-6-8-15(14)12-18/h5-8,11H,3-4,9-10,12-13,19H2,1-2H3. The highest BCUT2D eigenvalue weighted by Gasteiger charge is 2.31. The van der Waals surface area contributed by atoms with Gasteiger partial charge in [-0.05, 0) is 49.8 Å². The molecule has 1 atom stereocenters. The Hall–Kier alpha value is -1.61. The molecule has 0 saturated carbocycles. The van der Waals surface area contributed by atoms with Gasteiger partial charge >= 0.3 is 0 Å². The van der Waals surface area contributed by atoms with Crippen LogP contribution in [0.25, 0.3) is 0 Å². The van der Waals surface area contributed by atoms with Crippen molar-refractivity contribution in [3.05, 3.63) is 52.8 Å². The minimum atomic E-state index is -0.133. The molecule has 3 rings (SSSR count). The lowest BCUT2D eigenvalue weighted by Gasteiger charge is -2.35. The van der Waals surface area contributed by atoms with Crippen LogP contribution in [-0.2, 0) is 32.2 Å². The monoisotopic (exact) mass is 283 g/mol. The smallest absolute Gasteiger partial charge is 0.0624 e. The SMILES string of the molecule is CCc1cc(CC2(N)CCc3ccccc3C2)n(CC)n1. The zero-order valence-electron chi connectivity index (χ0n) is 13.1. The number of aryl methyl sites for hydroxylation is 3. The lowest BCUT2D eigenvalue weighted by molar-refractivity contribution is 0.358. The second-order valence-corrected chi connectivity index (χ2v) is 6.28. The fourth-order valence-corrected chi connectivity index (χ4v) is 3.44. The number of nitrogens with zero attached hydrogens (tertiary/aromatic N) is 2. The lowest BCUT2D eigenvalue weighted by Crippen LogP contribution is -2.47. The van der Waals surface area contributed by atoms with E-state index in [1.165, 1.54) is 22.5 Å². The minimum Gasteiger partial charge on any atom is -0.324 e. The molecule has 0 aliphatic heterocycles. The molecule has 1 aromatic carbocycles. The highest BCUT2D eigenvalue weighted by atomic mass is 15.3. The molecule has 3 heteroatoms. The van der Waals surface area contributed by atoms with Crippen LogP contribution in [0.4, 0.5) is 0 Å². The maximum Gasteiger partial charge on any atom is 0.0624 e. The predicted octanol–water partition coefficient (Wildman–Crippen LogP) is 2.89. The van der Waals surface area contributed by atoms with Gasteiger partial charge in [-0.25, -0.2) is 0 Å². The van der Waals surface area contributed by atoms with Crippen LogP contribution < -0.4 is 5.73 Å². The third-order valence-corrected chi connectivity index (χ3v) is 4.66. The molecule has 2 aromatic rings. The molecule has 0 spiro atoms. The summed E-state index contributed by atoms with van der Waals surface area (Å²) < 4.78 is 2.12. The van der Waals surface area contributed by atoms with Gasteiger partial charge in [0.05, 0.1) is 5.69 Å². The molecule has 3 nitrogen and oxygen atoms in total. The Morgan fingerprint density at radius 2 is 2.00 bits per heavy atom. The van der Waals surface area contributed by atoms with E-state index in [1.807, 2.05) is 0 Å². The van der Waals surface area contributed by atoms with Crippen molar-refractivity contribution < 1.29 is 0 Å². The molecule has 0 saturated heterocycles.